The normalized spacial score (nSPS) is 24.7. The van der Waals surface area contributed by atoms with Gasteiger partial charge in [-0.1, -0.05) is 30.3 Å². The maximum absolute atomic E-state index is 12.3. The van der Waals surface area contributed by atoms with Gasteiger partial charge in [0.25, 0.3) is 0 Å². The Morgan fingerprint density at radius 2 is 2.03 bits per heavy atom. The molecule has 0 spiro atoms. The van der Waals surface area contributed by atoms with Gasteiger partial charge in [-0.25, -0.2) is 4.68 Å². The van der Waals surface area contributed by atoms with Crippen LogP contribution in [0.15, 0.2) is 42.6 Å². The van der Waals surface area contributed by atoms with Gasteiger partial charge in [-0.05, 0) is 32.4 Å². The second-order valence-corrected chi connectivity index (χ2v) is 8.16. The molecule has 0 saturated carbocycles. The highest BCUT2D eigenvalue weighted by Crippen LogP contribution is 2.36. The Morgan fingerprint density at radius 3 is 2.77 bits per heavy atom. The molecule has 5 rings (SSSR count). The van der Waals surface area contributed by atoms with Crippen LogP contribution in [-0.2, 0) is 9.53 Å². The summed E-state index contributed by atoms with van der Waals surface area (Å²) in [4.78, 5) is 18.9. The predicted octanol–water partition coefficient (Wildman–Crippen LogP) is 3.29. The van der Waals surface area contributed by atoms with Gasteiger partial charge in [0.15, 0.2) is 6.23 Å². The Kier molecular flexibility index (Phi) is 5.00. The van der Waals surface area contributed by atoms with Crippen LogP contribution < -0.4 is 5.32 Å². The predicted molar refractivity (Wildman–Crippen MR) is 115 cm³/mol. The van der Waals surface area contributed by atoms with Crippen LogP contribution in [0, 0.1) is 0 Å². The number of hydrogen-bond donors (Lipinski definition) is 1. The van der Waals surface area contributed by atoms with Gasteiger partial charge in [0.05, 0.1) is 17.9 Å². The third-order valence-electron chi connectivity index (χ3n) is 6.35. The maximum Gasteiger partial charge on any atom is 0.224 e. The summed E-state index contributed by atoms with van der Waals surface area (Å²) in [6.07, 6.45) is 5.43. The number of fused-ring (bicyclic) bond motifs is 1. The fourth-order valence-corrected chi connectivity index (χ4v) is 4.73. The SMILES string of the molecule is CNC1C(c2cc3c(-c4ccccc4)nn(C4CCCCO4)c3cn2)CC(=O)N1C. The number of nitrogens with one attached hydrogen (secondary N) is 1. The molecule has 2 aromatic heterocycles. The molecule has 1 amide bonds. The smallest absolute Gasteiger partial charge is 0.224 e. The van der Waals surface area contributed by atoms with E-state index in [0.29, 0.717) is 6.42 Å². The summed E-state index contributed by atoms with van der Waals surface area (Å²) < 4.78 is 8.02. The minimum absolute atomic E-state index is 0.00908. The Hall–Kier alpha value is -2.77. The van der Waals surface area contributed by atoms with Crippen molar-refractivity contribution in [3.8, 4) is 11.3 Å². The first-order valence-corrected chi connectivity index (χ1v) is 10.7. The van der Waals surface area contributed by atoms with Gasteiger partial charge >= 0.3 is 0 Å². The van der Waals surface area contributed by atoms with E-state index >= 15 is 0 Å². The topological polar surface area (TPSA) is 72.3 Å². The molecule has 3 atom stereocenters. The highest BCUT2D eigenvalue weighted by molar-refractivity contribution is 5.93. The van der Waals surface area contributed by atoms with Crippen LogP contribution in [0.1, 0.15) is 43.5 Å². The van der Waals surface area contributed by atoms with Crippen molar-refractivity contribution in [3.05, 3.63) is 48.3 Å². The number of likely N-dealkylation sites (tertiary alicyclic amines) is 1. The van der Waals surface area contributed by atoms with Crippen molar-refractivity contribution in [2.75, 3.05) is 20.7 Å². The van der Waals surface area contributed by atoms with Crippen molar-refractivity contribution in [1.29, 1.82) is 0 Å². The van der Waals surface area contributed by atoms with Crippen LogP contribution in [0.4, 0.5) is 0 Å². The number of rotatable bonds is 4. The van der Waals surface area contributed by atoms with Gasteiger partial charge in [-0.2, -0.15) is 5.10 Å². The number of pyridine rings is 1. The summed E-state index contributed by atoms with van der Waals surface area (Å²) in [7, 11) is 3.73. The molecule has 3 unspecified atom stereocenters. The molecule has 7 heteroatoms. The largest absolute Gasteiger partial charge is 0.356 e. The molecule has 0 radical (unpaired) electrons. The van der Waals surface area contributed by atoms with E-state index in [0.717, 1.165) is 53.7 Å². The fraction of sp³-hybridized carbons (Fsp3) is 0.435. The number of likely N-dealkylation sites (N-methyl/N-ethyl adjacent to an activating group) is 2. The number of hydrogen-bond acceptors (Lipinski definition) is 5. The van der Waals surface area contributed by atoms with Crippen LogP contribution in [0.25, 0.3) is 22.2 Å². The number of carbonyl (C=O) groups is 1. The van der Waals surface area contributed by atoms with Gasteiger partial charge in [-0.3, -0.25) is 15.1 Å². The molecule has 1 aromatic carbocycles. The third-order valence-corrected chi connectivity index (χ3v) is 6.35. The van der Waals surface area contributed by atoms with Gasteiger partial charge in [-0.15, -0.1) is 0 Å². The van der Waals surface area contributed by atoms with Crippen molar-refractivity contribution < 1.29 is 9.53 Å². The molecule has 30 heavy (non-hydrogen) atoms. The number of carbonyl (C=O) groups excluding carboxylic acids is 1. The zero-order valence-electron chi connectivity index (χ0n) is 17.4. The highest BCUT2D eigenvalue weighted by Gasteiger charge is 2.38. The zero-order valence-corrected chi connectivity index (χ0v) is 17.4. The van der Waals surface area contributed by atoms with Gasteiger partial charge in [0.1, 0.15) is 5.69 Å². The van der Waals surface area contributed by atoms with E-state index in [9.17, 15) is 4.79 Å². The molecule has 4 heterocycles. The molecular formula is C23H27N5O2. The fourth-order valence-electron chi connectivity index (χ4n) is 4.73. The molecule has 156 valence electrons. The molecule has 2 aliphatic rings. The van der Waals surface area contributed by atoms with Crippen LogP contribution in [0.5, 0.6) is 0 Å². The van der Waals surface area contributed by atoms with E-state index in [-0.39, 0.29) is 24.2 Å². The first-order chi connectivity index (χ1) is 14.7. The Bertz CT molecular complexity index is 1060. The van der Waals surface area contributed by atoms with E-state index in [1.807, 2.05) is 43.2 Å². The van der Waals surface area contributed by atoms with E-state index < -0.39 is 0 Å². The molecule has 0 bridgehead atoms. The van der Waals surface area contributed by atoms with Crippen molar-refractivity contribution >= 4 is 16.8 Å². The lowest BCUT2D eigenvalue weighted by atomic mass is 9.98. The number of aromatic nitrogens is 3. The Labute approximate surface area is 176 Å². The second-order valence-electron chi connectivity index (χ2n) is 8.16. The molecule has 3 aromatic rings. The summed E-state index contributed by atoms with van der Waals surface area (Å²) in [6, 6.07) is 12.3. The molecule has 2 saturated heterocycles. The summed E-state index contributed by atoms with van der Waals surface area (Å²) in [6.45, 7) is 0.762. The van der Waals surface area contributed by atoms with E-state index in [2.05, 4.69) is 23.5 Å². The van der Waals surface area contributed by atoms with Crippen molar-refractivity contribution in [1.82, 2.24) is 25.0 Å². The van der Waals surface area contributed by atoms with Crippen molar-refractivity contribution in [3.63, 3.8) is 0 Å². The van der Waals surface area contributed by atoms with Crippen LogP contribution >= 0.6 is 0 Å². The molecule has 0 aliphatic carbocycles. The summed E-state index contributed by atoms with van der Waals surface area (Å²) in [5.74, 6) is 0.144. The monoisotopic (exact) mass is 405 g/mol. The van der Waals surface area contributed by atoms with Gasteiger partial charge in [0.2, 0.25) is 5.91 Å². The number of amides is 1. The molecule has 1 N–H and O–H groups in total. The van der Waals surface area contributed by atoms with Crippen molar-refractivity contribution in [2.24, 2.45) is 0 Å². The summed E-state index contributed by atoms with van der Waals surface area (Å²) >= 11 is 0. The van der Waals surface area contributed by atoms with E-state index in [1.54, 1.807) is 4.90 Å². The summed E-state index contributed by atoms with van der Waals surface area (Å²) in [5.41, 5.74) is 3.89. The Balaban J connectivity index is 1.64. The van der Waals surface area contributed by atoms with Crippen LogP contribution in [0.2, 0.25) is 0 Å². The van der Waals surface area contributed by atoms with Gasteiger partial charge < -0.3 is 9.64 Å². The maximum atomic E-state index is 12.3. The second kappa shape index (κ2) is 7.81. The third kappa shape index (κ3) is 3.18. The molecule has 2 aliphatic heterocycles. The molecule has 2 fully saturated rings. The number of nitrogens with zero attached hydrogens (tertiary/aromatic N) is 4. The highest BCUT2D eigenvalue weighted by atomic mass is 16.5. The average Bonchev–Trinajstić information content (AvgIpc) is 3.32. The summed E-state index contributed by atoms with van der Waals surface area (Å²) in [5, 5.41) is 9.30. The average molecular weight is 406 g/mol. The minimum atomic E-state index is -0.0596. The van der Waals surface area contributed by atoms with Crippen molar-refractivity contribution in [2.45, 2.75) is 44.0 Å². The first-order valence-electron chi connectivity index (χ1n) is 10.7. The lowest BCUT2D eigenvalue weighted by Gasteiger charge is -2.24. The zero-order chi connectivity index (χ0) is 20.7. The molecule has 7 nitrogen and oxygen atoms in total. The minimum Gasteiger partial charge on any atom is -0.356 e. The Morgan fingerprint density at radius 1 is 1.20 bits per heavy atom. The van der Waals surface area contributed by atoms with Crippen LogP contribution in [-0.4, -0.2) is 52.4 Å². The molecular weight excluding hydrogens is 378 g/mol. The first kappa shape index (κ1) is 19.2. The number of benzene rings is 1. The lowest BCUT2D eigenvalue weighted by Crippen LogP contribution is -2.41. The van der Waals surface area contributed by atoms with E-state index in [4.69, 9.17) is 14.8 Å². The quantitative estimate of drug-likeness (QED) is 0.721. The van der Waals surface area contributed by atoms with Crippen LogP contribution in [0.3, 0.4) is 0 Å². The standard InChI is InChI=1S/C23H27N5O2/c1-24-23-16(13-20(29)27(23)2)18-12-17-19(14-25-18)28(21-10-6-7-11-30-21)26-22(17)15-8-4-3-5-9-15/h3-5,8-9,12,14,16,21,23-24H,6-7,10-11,13H2,1-2H3. The van der Waals surface area contributed by atoms with E-state index in [1.165, 1.54) is 0 Å². The lowest BCUT2D eigenvalue weighted by molar-refractivity contribution is -0.127. The van der Waals surface area contributed by atoms with Gasteiger partial charge in [0, 0.05) is 42.6 Å². The number of ether oxygens (including phenoxy) is 1.